The van der Waals surface area contributed by atoms with Gasteiger partial charge >= 0.3 is 0 Å². The Labute approximate surface area is 85.7 Å². The van der Waals surface area contributed by atoms with E-state index in [9.17, 15) is 0 Å². The van der Waals surface area contributed by atoms with Crippen LogP contribution >= 0.6 is 11.8 Å². The van der Waals surface area contributed by atoms with Crippen molar-refractivity contribution in [2.24, 2.45) is 0 Å². The molecule has 0 N–H and O–H groups in total. The van der Waals surface area contributed by atoms with E-state index in [1.807, 2.05) is 0 Å². The Hall–Kier alpha value is -0.430. The van der Waals surface area contributed by atoms with Crippen LogP contribution in [0.5, 0.6) is 0 Å². The van der Waals surface area contributed by atoms with Crippen molar-refractivity contribution in [1.29, 1.82) is 0 Å². The Balaban J connectivity index is 2.27. The molecule has 1 aromatic rings. The topological polar surface area (TPSA) is 0 Å². The Morgan fingerprint density at radius 3 is 2.54 bits per heavy atom. The van der Waals surface area contributed by atoms with Gasteiger partial charge in [-0.2, -0.15) is 11.8 Å². The van der Waals surface area contributed by atoms with Crippen molar-refractivity contribution >= 4 is 11.8 Å². The first-order valence-electron chi connectivity index (χ1n) is 4.98. The average molecular weight is 194 g/mol. The zero-order valence-corrected chi connectivity index (χ0v) is 9.31. The van der Waals surface area contributed by atoms with Gasteiger partial charge < -0.3 is 0 Å². The van der Waals surface area contributed by atoms with E-state index in [1.54, 1.807) is 0 Å². The molecule has 0 saturated carbocycles. The van der Waals surface area contributed by atoms with Crippen LogP contribution in [-0.2, 0) is 5.75 Å². The van der Waals surface area contributed by atoms with Crippen LogP contribution in [0.3, 0.4) is 0 Å². The Bertz CT molecular complexity index is 218. The van der Waals surface area contributed by atoms with Gasteiger partial charge in [-0.25, -0.2) is 0 Å². The fraction of sp³-hybridized carbons (Fsp3) is 0.500. The first-order chi connectivity index (χ1) is 6.33. The molecular weight excluding hydrogens is 176 g/mol. The van der Waals surface area contributed by atoms with Crippen molar-refractivity contribution in [2.75, 3.05) is 0 Å². The molecule has 1 atom stereocenters. The van der Waals surface area contributed by atoms with Crippen LogP contribution in [-0.4, -0.2) is 5.25 Å². The first-order valence-corrected chi connectivity index (χ1v) is 6.03. The number of hydrogen-bond acceptors (Lipinski definition) is 1. The molecule has 1 aromatic carbocycles. The average Bonchev–Trinajstić information content (AvgIpc) is 2.17. The summed E-state index contributed by atoms with van der Waals surface area (Å²) in [5, 5.41) is 0.796. The molecule has 1 heteroatoms. The standard InChI is InChI=1S/C12H18S/c1-3-7-11(2)13-10-12-8-5-4-6-9-12/h4-6,8-9,11H,3,7,10H2,1-2H3/t11-/m0/s1. The molecule has 1 rings (SSSR count). The van der Waals surface area contributed by atoms with Crippen molar-refractivity contribution in [1.82, 2.24) is 0 Å². The smallest absolute Gasteiger partial charge is 0.0187 e. The van der Waals surface area contributed by atoms with Gasteiger partial charge in [0, 0.05) is 11.0 Å². The first kappa shape index (κ1) is 10.6. The lowest BCUT2D eigenvalue weighted by Crippen LogP contribution is -1.95. The molecule has 13 heavy (non-hydrogen) atoms. The van der Waals surface area contributed by atoms with Gasteiger partial charge in [0.15, 0.2) is 0 Å². The number of thioether (sulfide) groups is 1. The molecule has 0 aliphatic rings. The second-order valence-electron chi connectivity index (χ2n) is 3.40. The molecule has 0 nitrogen and oxygen atoms in total. The van der Waals surface area contributed by atoms with Gasteiger partial charge in [0.25, 0.3) is 0 Å². The Morgan fingerprint density at radius 2 is 1.92 bits per heavy atom. The van der Waals surface area contributed by atoms with Crippen molar-refractivity contribution in [3.05, 3.63) is 35.9 Å². The lowest BCUT2D eigenvalue weighted by molar-refractivity contribution is 0.787. The summed E-state index contributed by atoms with van der Waals surface area (Å²) >= 11 is 2.05. The predicted molar refractivity (Wildman–Crippen MR) is 62.1 cm³/mol. The van der Waals surface area contributed by atoms with Crippen LogP contribution in [0.25, 0.3) is 0 Å². The maximum absolute atomic E-state index is 2.32. The second-order valence-corrected chi connectivity index (χ2v) is 4.82. The minimum absolute atomic E-state index is 0.796. The zero-order valence-electron chi connectivity index (χ0n) is 8.49. The summed E-state index contributed by atoms with van der Waals surface area (Å²) in [5.41, 5.74) is 1.44. The van der Waals surface area contributed by atoms with Gasteiger partial charge in [-0.15, -0.1) is 0 Å². The van der Waals surface area contributed by atoms with Crippen LogP contribution in [0.4, 0.5) is 0 Å². The normalized spacial score (nSPS) is 12.8. The lowest BCUT2D eigenvalue weighted by atomic mass is 10.2. The monoisotopic (exact) mass is 194 g/mol. The molecule has 0 heterocycles. The van der Waals surface area contributed by atoms with E-state index < -0.39 is 0 Å². The van der Waals surface area contributed by atoms with Gasteiger partial charge in [-0.1, -0.05) is 50.6 Å². The zero-order chi connectivity index (χ0) is 9.52. The lowest BCUT2D eigenvalue weighted by Gasteiger charge is -2.09. The third kappa shape index (κ3) is 4.37. The molecule has 72 valence electrons. The van der Waals surface area contributed by atoms with Gasteiger partial charge in [-0.3, -0.25) is 0 Å². The summed E-state index contributed by atoms with van der Waals surface area (Å²) in [6, 6.07) is 10.7. The van der Waals surface area contributed by atoms with Crippen LogP contribution in [0.2, 0.25) is 0 Å². The molecule has 0 bridgehead atoms. The van der Waals surface area contributed by atoms with Crippen molar-refractivity contribution in [2.45, 2.75) is 37.7 Å². The fourth-order valence-electron chi connectivity index (χ4n) is 1.30. The highest BCUT2D eigenvalue weighted by atomic mass is 32.2. The van der Waals surface area contributed by atoms with E-state index in [2.05, 4.69) is 55.9 Å². The van der Waals surface area contributed by atoms with Crippen molar-refractivity contribution in [3.63, 3.8) is 0 Å². The summed E-state index contributed by atoms with van der Waals surface area (Å²) in [7, 11) is 0. The minimum Gasteiger partial charge on any atom is -0.154 e. The van der Waals surface area contributed by atoms with E-state index in [-0.39, 0.29) is 0 Å². The molecule has 0 saturated heterocycles. The van der Waals surface area contributed by atoms with Gasteiger partial charge in [0.2, 0.25) is 0 Å². The van der Waals surface area contributed by atoms with Crippen LogP contribution in [0.1, 0.15) is 32.3 Å². The van der Waals surface area contributed by atoms with Crippen molar-refractivity contribution in [3.8, 4) is 0 Å². The number of hydrogen-bond donors (Lipinski definition) is 0. The summed E-state index contributed by atoms with van der Waals surface area (Å²) in [4.78, 5) is 0. The molecule has 0 amide bonds. The van der Waals surface area contributed by atoms with Crippen molar-refractivity contribution < 1.29 is 0 Å². The molecule has 0 aliphatic carbocycles. The van der Waals surface area contributed by atoms with Gasteiger partial charge in [-0.05, 0) is 12.0 Å². The highest BCUT2D eigenvalue weighted by Gasteiger charge is 2.00. The van der Waals surface area contributed by atoms with E-state index >= 15 is 0 Å². The number of rotatable bonds is 5. The molecule has 0 aliphatic heterocycles. The summed E-state index contributed by atoms with van der Waals surface area (Å²) in [6.07, 6.45) is 2.63. The third-order valence-corrected chi connectivity index (χ3v) is 3.38. The fourth-order valence-corrected chi connectivity index (χ4v) is 2.37. The molecule has 0 radical (unpaired) electrons. The molecule has 0 unspecified atom stereocenters. The molecule has 0 spiro atoms. The third-order valence-electron chi connectivity index (χ3n) is 2.07. The minimum atomic E-state index is 0.796. The van der Waals surface area contributed by atoms with E-state index in [0.29, 0.717) is 0 Å². The summed E-state index contributed by atoms with van der Waals surface area (Å²) in [6.45, 7) is 4.57. The van der Waals surface area contributed by atoms with E-state index in [1.165, 1.54) is 18.4 Å². The van der Waals surface area contributed by atoms with Crippen LogP contribution < -0.4 is 0 Å². The predicted octanol–water partition coefficient (Wildman–Crippen LogP) is 4.11. The summed E-state index contributed by atoms with van der Waals surface area (Å²) in [5.74, 6) is 1.15. The largest absolute Gasteiger partial charge is 0.154 e. The maximum Gasteiger partial charge on any atom is 0.0187 e. The van der Waals surface area contributed by atoms with Gasteiger partial charge in [0.05, 0.1) is 0 Å². The quantitative estimate of drug-likeness (QED) is 0.680. The molecule has 0 fully saturated rings. The SMILES string of the molecule is CCC[C@H](C)SCc1ccccc1. The Kier molecular flexibility index (Phi) is 4.99. The van der Waals surface area contributed by atoms with Crippen LogP contribution in [0.15, 0.2) is 30.3 Å². The highest BCUT2D eigenvalue weighted by molar-refractivity contribution is 7.99. The second kappa shape index (κ2) is 6.09. The maximum atomic E-state index is 2.32. The van der Waals surface area contributed by atoms with E-state index in [0.717, 1.165) is 11.0 Å². The van der Waals surface area contributed by atoms with Gasteiger partial charge in [0.1, 0.15) is 0 Å². The Morgan fingerprint density at radius 1 is 1.23 bits per heavy atom. The molecule has 0 aromatic heterocycles. The number of benzene rings is 1. The van der Waals surface area contributed by atoms with E-state index in [4.69, 9.17) is 0 Å². The molecular formula is C12H18S. The van der Waals surface area contributed by atoms with Crippen LogP contribution in [0, 0.1) is 0 Å². The highest BCUT2D eigenvalue weighted by Crippen LogP contribution is 2.20. The summed E-state index contributed by atoms with van der Waals surface area (Å²) < 4.78 is 0.